The van der Waals surface area contributed by atoms with E-state index >= 15 is 0 Å². The number of benzene rings is 2. The van der Waals surface area contributed by atoms with Crippen molar-refractivity contribution in [3.63, 3.8) is 0 Å². The number of hydrogen-bond donors (Lipinski definition) is 1. The molecule has 0 unspecified atom stereocenters. The first-order valence-corrected chi connectivity index (χ1v) is 9.87. The Bertz CT molecular complexity index is 1450. The molecular weight excluding hydrogens is 409 g/mol. The molecule has 0 saturated carbocycles. The zero-order chi connectivity index (χ0) is 22.1. The number of nitrogens with zero attached hydrogens (tertiary/aromatic N) is 3. The number of fused-ring (bicyclic) bond motifs is 1. The second-order valence-corrected chi connectivity index (χ2v) is 7.04. The minimum Gasteiger partial charge on any atom is -0.504 e. The number of hydrogen-bond acceptors (Lipinski definition) is 5. The zero-order valence-electron chi connectivity index (χ0n) is 17.1. The van der Waals surface area contributed by atoms with Gasteiger partial charge < -0.3 is 14.3 Å². The van der Waals surface area contributed by atoms with Crippen molar-refractivity contribution in [1.82, 2.24) is 9.38 Å². The number of phenols is 1. The molecule has 0 fully saturated rings. The van der Waals surface area contributed by atoms with E-state index in [1.165, 1.54) is 13.2 Å². The van der Waals surface area contributed by atoms with E-state index in [0.717, 1.165) is 5.56 Å². The van der Waals surface area contributed by atoms with Crippen LogP contribution >= 0.6 is 0 Å². The Kier molecular flexibility index (Phi) is 4.91. The number of rotatable bonds is 5. The van der Waals surface area contributed by atoms with Crippen molar-refractivity contribution in [3.05, 3.63) is 90.6 Å². The van der Waals surface area contributed by atoms with Crippen molar-refractivity contribution >= 4 is 17.7 Å². The molecule has 5 aromatic rings. The van der Waals surface area contributed by atoms with Gasteiger partial charge in [0.15, 0.2) is 17.3 Å². The minimum absolute atomic E-state index is 0.0429. The van der Waals surface area contributed by atoms with Gasteiger partial charge >= 0.3 is 0 Å². The number of ether oxygens (including phenoxy) is 1. The SMILES string of the molecule is COc1cc(-c2nc3ccccn3c2N=Cc2ccc(-c3ccccc3F)o2)ccc1O. The summed E-state index contributed by atoms with van der Waals surface area (Å²) in [6, 6.07) is 20.6. The van der Waals surface area contributed by atoms with Crippen molar-refractivity contribution < 1.29 is 18.7 Å². The molecule has 0 atom stereocenters. The lowest BCUT2D eigenvalue weighted by Crippen LogP contribution is -1.86. The Balaban J connectivity index is 1.57. The lowest BCUT2D eigenvalue weighted by molar-refractivity contribution is 0.373. The van der Waals surface area contributed by atoms with E-state index in [2.05, 4.69) is 4.99 Å². The molecule has 0 bridgehead atoms. The second-order valence-electron chi connectivity index (χ2n) is 7.04. The molecule has 3 heterocycles. The van der Waals surface area contributed by atoms with Gasteiger partial charge in [-0.05, 0) is 54.6 Å². The largest absolute Gasteiger partial charge is 0.504 e. The predicted molar refractivity (Wildman–Crippen MR) is 120 cm³/mol. The highest BCUT2D eigenvalue weighted by atomic mass is 19.1. The fourth-order valence-electron chi connectivity index (χ4n) is 3.48. The van der Waals surface area contributed by atoms with Crippen LogP contribution in [0.5, 0.6) is 11.5 Å². The van der Waals surface area contributed by atoms with Crippen LogP contribution in [0.2, 0.25) is 0 Å². The summed E-state index contributed by atoms with van der Waals surface area (Å²) in [4.78, 5) is 9.33. The smallest absolute Gasteiger partial charge is 0.165 e. The first-order chi connectivity index (χ1) is 15.6. The molecule has 0 aliphatic rings. The first kappa shape index (κ1) is 19.6. The Morgan fingerprint density at radius 2 is 1.91 bits per heavy atom. The molecule has 0 aliphatic heterocycles. The predicted octanol–water partition coefficient (Wildman–Crippen LogP) is 5.87. The zero-order valence-corrected chi connectivity index (χ0v) is 17.1. The molecule has 0 saturated heterocycles. The van der Waals surface area contributed by atoms with Gasteiger partial charge in [0.1, 0.15) is 28.7 Å². The van der Waals surface area contributed by atoms with Crippen molar-refractivity contribution in [2.24, 2.45) is 4.99 Å². The van der Waals surface area contributed by atoms with Gasteiger partial charge in [-0.2, -0.15) is 0 Å². The maximum Gasteiger partial charge on any atom is 0.165 e. The Morgan fingerprint density at radius 3 is 2.75 bits per heavy atom. The normalized spacial score (nSPS) is 11.4. The number of methoxy groups -OCH3 is 1. The van der Waals surface area contributed by atoms with Crippen molar-refractivity contribution in [3.8, 4) is 34.1 Å². The van der Waals surface area contributed by atoms with Gasteiger partial charge in [-0.15, -0.1) is 0 Å². The molecule has 0 aliphatic carbocycles. The van der Waals surface area contributed by atoms with Crippen LogP contribution < -0.4 is 4.74 Å². The van der Waals surface area contributed by atoms with Crippen LogP contribution in [-0.2, 0) is 0 Å². The molecule has 0 amide bonds. The van der Waals surface area contributed by atoms with Gasteiger partial charge in [0, 0.05) is 11.8 Å². The average molecular weight is 427 g/mol. The molecule has 2 aromatic carbocycles. The standard InChI is InChI=1S/C25H18FN3O3/c1-31-22-14-16(9-11-20(22)30)24-25(29-13-5-4-8-23(29)28-24)27-15-17-10-12-21(32-17)18-6-2-3-7-19(18)26/h2-15,30H,1H3. The fourth-order valence-corrected chi connectivity index (χ4v) is 3.48. The summed E-state index contributed by atoms with van der Waals surface area (Å²) in [7, 11) is 1.49. The van der Waals surface area contributed by atoms with Crippen molar-refractivity contribution in [1.29, 1.82) is 0 Å². The number of halogens is 1. The molecular formula is C25H18FN3O3. The van der Waals surface area contributed by atoms with E-state index in [9.17, 15) is 9.50 Å². The van der Waals surface area contributed by atoms with Gasteiger partial charge in [-0.3, -0.25) is 4.40 Å². The molecule has 0 radical (unpaired) electrons. The number of aromatic hydroxyl groups is 1. The lowest BCUT2D eigenvalue weighted by atomic mass is 10.1. The van der Waals surface area contributed by atoms with Gasteiger partial charge in [0.2, 0.25) is 0 Å². The highest BCUT2D eigenvalue weighted by Gasteiger charge is 2.15. The number of imidazole rings is 1. The third-order valence-electron chi connectivity index (χ3n) is 5.04. The Morgan fingerprint density at radius 1 is 1.06 bits per heavy atom. The van der Waals surface area contributed by atoms with Gasteiger partial charge in [0.05, 0.1) is 18.9 Å². The second kappa shape index (κ2) is 8.03. The first-order valence-electron chi connectivity index (χ1n) is 9.87. The molecule has 5 rings (SSSR count). The molecule has 3 aromatic heterocycles. The molecule has 0 spiro atoms. The maximum absolute atomic E-state index is 14.1. The Hall–Kier alpha value is -4.39. The molecule has 1 N–H and O–H groups in total. The lowest BCUT2D eigenvalue weighted by Gasteiger charge is -2.05. The maximum atomic E-state index is 14.1. The van der Waals surface area contributed by atoms with E-state index < -0.39 is 0 Å². The van der Waals surface area contributed by atoms with Crippen molar-refractivity contribution in [2.75, 3.05) is 7.11 Å². The number of furan rings is 1. The van der Waals surface area contributed by atoms with E-state index in [1.54, 1.807) is 54.7 Å². The fraction of sp³-hybridized carbons (Fsp3) is 0.0400. The van der Waals surface area contributed by atoms with Gasteiger partial charge in [-0.1, -0.05) is 18.2 Å². The summed E-state index contributed by atoms with van der Waals surface area (Å²) in [6.07, 6.45) is 3.44. The van der Waals surface area contributed by atoms with Crippen LogP contribution in [0.4, 0.5) is 10.2 Å². The summed E-state index contributed by atoms with van der Waals surface area (Å²) in [5.41, 5.74) is 2.46. The highest BCUT2D eigenvalue weighted by molar-refractivity contribution is 5.84. The number of phenolic OH excluding ortho intramolecular Hbond substituents is 1. The number of aromatic nitrogens is 2. The van der Waals surface area contributed by atoms with Crippen LogP contribution in [-0.4, -0.2) is 27.8 Å². The molecule has 6 nitrogen and oxygen atoms in total. The quantitative estimate of drug-likeness (QED) is 0.356. The highest BCUT2D eigenvalue weighted by Crippen LogP contribution is 2.36. The average Bonchev–Trinajstić information content (AvgIpc) is 3.43. The van der Waals surface area contributed by atoms with Gasteiger partial charge in [0.25, 0.3) is 0 Å². The van der Waals surface area contributed by atoms with E-state index in [0.29, 0.717) is 40.0 Å². The summed E-state index contributed by atoms with van der Waals surface area (Å²) in [5.74, 6) is 1.51. The number of aliphatic imine (C=N–C) groups is 1. The topological polar surface area (TPSA) is 72.3 Å². The molecule has 158 valence electrons. The number of pyridine rings is 1. The van der Waals surface area contributed by atoms with Crippen LogP contribution in [0.15, 0.2) is 88.4 Å². The Labute approximate surface area is 182 Å². The summed E-state index contributed by atoms with van der Waals surface area (Å²) in [5, 5.41) is 9.94. The van der Waals surface area contributed by atoms with Crippen LogP contribution in [0.25, 0.3) is 28.2 Å². The van der Waals surface area contributed by atoms with Crippen LogP contribution in [0, 0.1) is 5.82 Å². The van der Waals surface area contributed by atoms with Crippen LogP contribution in [0.1, 0.15) is 5.76 Å². The summed E-state index contributed by atoms with van der Waals surface area (Å²) >= 11 is 0. The van der Waals surface area contributed by atoms with E-state index in [4.69, 9.17) is 14.1 Å². The summed E-state index contributed by atoms with van der Waals surface area (Å²) < 4.78 is 26.9. The van der Waals surface area contributed by atoms with E-state index in [1.807, 2.05) is 28.8 Å². The van der Waals surface area contributed by atoms with Gasteiger partial charge in [-0.25, -0.2) is 14.4 Å². The van der Waals surface area contributed by atoms with Crippen molar-refractivity contribution in [2.45, 2.75) is 0 Å². The summed E-state index contributed by atoms with van der Waals surface area (Å²) in [6.45, 7) is 0. The monoisotopic (exact) mass is 427 g/mol. The third kappa shape index (κ3) is 3.50. The van der Waals surface area contributed by atoms with Crippen LogP contribution in [0.3, 0.4) is 0 Å². The third-order valence-corrected chi connectivity index (χ3v) is 5.04. The van der Waals surface area contributed by atoms with E-state index in [-0.39, 0.29) is 11.6 Å². The molecule has 7 heteroatoms. The molecule has 32 heavy (non-hydrogen) atoms. The minimum atomic E-state index is -0.351.